The van der Waals surface area contributed by atoms with Gasteiger partial charge in [0, 0.05) is 5.54 Å². The van der Waals surface area contributed by atoms with Crippen LogP contribution in [0.15, 0.2) is 60.7 Å². The minimum atomic E-state index is -0.270. The van der Waals surface area contributed by atoms with Crippen molar-refractivity contribution in [3.63, 3.8) is 0 Å². The van der Waals surface area contributed by atoms with Crippen molar-refractivity contribution in [2.24, 2.45) is 0 Å². The van der Waals surface area contributed by atoms with Gasteiger partial charge < -0.3 is 15.5 Å². The van der Waals surface area contributed by atoms with E-state index in [0.29, 0.717) is 0 Å². The van der Waals surface area contributed by atoms with Crippen LogP contribution in [0.5, 0.6) is 0 Å². The molecule has 0 fully saturated rings. The van der Waals surface area contributed by atoms with Gasteiger partial charge in [-0.05, 0) is 38.3 Å². The first kappa shape index (κ1) is 21.6. The Balaban J connectivity index is 1.97. The van der Waals surface area contributed by atoms with Gasteiger partial charge in [0.05, 0.1) is 13.1 Å². The number of nitrogens with one attached hydrogen (secondary N) is 3. The number of rotatable bonds is 8. The molecule has 0 aromatic heterocycles. The molecule has 2 aromatic carbocycles. The number of benzene rings is 2. The van der Waals surface area contributed by atoms with E-state index < -0.39 is 0 Å². The van der Waals surface area contributed by atoms with E-state index in [2.05, 4.69) is 22.8 Å². The maximum absolute atomic E-state index is 12.6. The molecule has 0 bridgehead atoms. The number of hydrogen-bond donors (Lipinski definition) is 3. The van der Waals surface area contributed by atoms with Crippen LogP contribution in [0.4, 0.5) is 0 Å². The fourth-order valence-electron chi connectivity index (χ4n) is 3.11. The van der Waals surface area contributed by atoms with Crippen LogP contribution in [0, 0.1) is 0 Å². The lowest BCUT2D eigenvalue weighted by Gasteiger charge is -2.23. The zero-order chi connectivity index (χ0) is 20.6. The zero-order valence-electron chi connectivity index (χ0n) is 17.3. The molecule has 0 saturated carbocycles. The second-order valence-electron chi connectivity index (χ2n) is 8.33. The van der Waals surface area contributed by atoms with Crippen LogP contribution < -0.4 is 15.5 Å². The van der Waals surface area contributed by atoms with E-state index in [4.69, 9.17) is 0 Å². The Kier molecular flexibility index (Phi) is 7.76. The van der Waals surface area contributed by atoms with E-state index in [1.807, 2.05) is 76.3 Å². The van der Waals surface area contributed by atoms with Gasteiger partial charge in [-0.3, -0.25) is 9.59 Å². The highest BCUT2D eigenvalue weighted by Crippen LogP contribution is 2.18. The summed E-state index contributed by atoms with van der Waals surface area (Å²) in [4.78, 5) is 25.6. The lowest BCUT2D eigenvalue weighted by atomic mass is 9.99. The third-order valence-electron chi connectivity index (χ3n) is 4.26. The van der Waals surface area contributed by atoms with Crippen LogP contribution in [-0.4, -0.2) is 37.5 Å². The highest BCUT2D eigenvalue weighted by Gasteiger charge is 2.21. The lowest BCUT2D eigenvalue weighted by molar-refractivity contribution is -0.862. The number of carbonyl (C=O) groups excluding carboxylic acids is 2. The van der Waals surface area contributed by atoms with Crippen molar-refractivity contribution < 1.29 is 14.5 Å². The summed E-state index contributed by atoms with van der Waals surface area (Å²) < 4.78 is 0. The molecule has 28 heavy (non-hydrogen) atoms. The van der Waals surface area contributed by atoms with E-state index in [-0.39, 0.29) is 36.5 Å². The van der Waals surface area contributed by atoms with Crippen LogP contribution in [-0.2, 0) is 16.0 Å². The number of quaternary nitrogens is 1. The molecule has 150 valence electrons. The molecule has 0 aliphatic rings. The van der Waals surface area contributed by atoms with E-state index in [0.717, 1.165) is 16.9 Å². The topological polar surface area (TPSA) is 62.6 Å². The van der Waals surface area contributed by atoms with Gasteiger partial charge in [-0.1, -0.05) is 60.7 Å². The van der Waals surface area contributed by atoms with Crippen molar-refractivity contribution in [3.05, 3.63) is 71.8 Å². The van der Waals surface area contributed by atoms with Crippen molar-refractivity contribution in [2.75, 3.05) is 20.1 Å². The van der Waals surface area contributed by atoms with Gasteiger partial charge in [-0.2, -0.15) is 0 Å². The summed E-state index contributed by atoms with van der Waals surface area (Å²) in [6.45, 7) is 6.35. The number of hydrogen-bond acceptors (Lipinski definition) is 2. The molecule has 1 unspecified atom stereocenters. The molecule has 0 heterocycles. The van der Waals surface area contributed by atoms with E-state index in [1.54, 1.807) is 0 Å². The molecule has 0 saturated heterocycles. The second-order valence-corrected chi connectivity index (χ2v) is 8.33. The van der Waals surface area contributed by atoms with Gasteiger partial charge in [0.1, 0.15) is 0 Å². The fourth-order valence-corrected chi connectivity index (χ4v) is 3.11. The maximum Gasteiger partial charge on any atom is 0.275 e. The minimum absolute atomic E-state index is 0.0540. The van der Waals surface area contributed by atoms with Crippen molar-refractivity contribution in [3.8, 4) is 0 Å². The fraction of sp³-hybridized carbons (Fsp3) is 0.391. The van der Waals surface area contributed by atoms with Crippen molar-refractivity contribution in [2.45, 2.75) is 38.8 Å². The van der Waals surface area contributed by atoms with Crippen LogP contribution in [0.2, 0.25) is 0 Å². The van der Waals surface area contributed by atoms with Gasteiger partial charge in [0.25, 0.3) is 11.8 Å². The third kappa shape index (κ3) is 7.92. The number of likely N-dealkylation sites (N-methyl/N-ethyl adjacent to an activating group) is 1. The van der Waals surface area contributed by atoms with Gasteiger partial charge in [0.15, 0.2) is 13.1 Å². The maximum atomic E-state index is 12.6. The minimum Gasteiger partial charge on any atom is -0.347 e. The molecule has 2 atom stereocenters. The molecule has 0 radical (unpaired) electrons. The van der Waals surface area contributed by atoms with Crippen LogP contribution in [0.3, 0.4) is 0 Å². The summed E-state index contributed by atoms with van der Waals surface area (Å²) >= 11 is 0. The molecule has 0 spiro atoms. The number of carbonyl (C=O) groups is 2. The predicted octanol–water partition coefficient (Wildman–Crippen LogP) is 1.52. The van der Waals surface area contributed by atoms with Crippen molar-refractivity contribution >= 4 is 11.8 Å². The molecular formula is C23H32N3O2+. The Morgan fingerprint density at radius 2 is 1.43 bits per heavy atom. The van der Waals surface area contributed by atoms with E-state index in [1.165, 1.54) is 5.56 Å². The lowest BCUT2D eigenvalue weighted by Crippen LogP contribution is -3.11. The Morgan fingerprint density at radius 1 is 0.893 bits per heavy atom. The quantitative estimate of drug-likeness (QED) is 0.648. The Labute approximate surface area is 168 Å². The molecule has 3 N–H and O–H groups in total. The van der Waals surface area contributed by atoms with Gasteiger partial charge in [-0.25, -0.2) is 0 Å². The highest BCUT2D eigenvalue weighted by atomic mass is 16.2. The van der Waals surface area contributed by atoms with Crippen molar-refractivity contribution in [1.82, 2.24) is 10.6 Å². The first-order valence-electron chi connectivity index (χ1n) is 9.73. The zero-order valence-corrected chi connectivity index (χ0v) is 17.3. The molecule has 5 heteroatoms. The monoisotopic (exact) mass is 382 g/mol. The molecule has 2 amide bonds. The first-order valence-corrected chi connectivity index (χ1v) is 9.73. The van der Waals surface area contributed by atoms with Gasteiger partial charge in [-0.15, -0.1) is 0 Å². The first-order chi connectivity index (χ1) is 13.2. The highest BCUT2D eigenvalue weighted by molar-refractivity contribution is 5.79. The molecule has 5 nitrogen and oxygen atoms in total. The average molecular weight is 383 g/mol. The summed E-state index contributed by atoms with van der Waals surface area (Å²) in [5, 5.41) is 6.07. The summed E-state index contributed by atoms with van der Waals surface area (Å²) in [5.74, 6) is -0.118. The second kappa shape index (κ2) is 10.0. The van der Waals surface area contributed by atoms with Crippen LogP contribution in [0.25, 0.3) is 0 Å². The largest absolute Gasteiger partial charge is 0.347 e. The average Bonchev–Trinajstić information content (AvgIpc) is 2.61. The Morgan fingerprint density at radius 3 is 2.00 bits per heavy atom. The molecule has 2 aromatic rings. The smallest absolute Gasteiger partial charge is 0.275 e. The van der Waals surface area contributed by atoms with Crippen LogP contribution >= 0.6 is 0 Å². The molecular weight excluding hydrogens is 350 g/mol. The Bertz CT molecular complexity index is 754. The van der Waals surface area contributed by atoms with E-state index in [9.17, 15) is 9.59 Å². The molecule has 0 aliphatic carbocycles. The SMILES string of the molecule is C[NH+](CC(=O)N[C@H](Cc1ccccc1)c1ccccc1)CC(=O)NC(C)(C)C. The predicted molar refractivity (Wildman–Crippen MR) is 112 cm³/mol. The number of amides is 2. The third-order valence-corrected chi connectivity index (χ3v) is 4.26. The standard InChI is InChI=1S/C23H31N3O2/c1-23(2,3)25-22(28)17-26(4)16-21(27)24-20(19-13-9-6-10-14-19)15-18-11-7-5-8-12-18/h5-14,20H,15-17H2,1-4H3,(H,24,27)(H,25,28)/p+1/t20-/m1/s1. The van der Waals surface area contributed by atoms with Crippen molar-refractivity contribution in [1.29, 1.82) is 0 Å². The summed E-state index contributed by atoms with van der Waals surface area (Å²) in [7, 11) is 1.86. The molecule has 2 rings (SSSR count). The summed E-state index contributed by atoms with van der Waals surface area (Å²) in [6.07, 6.45) is 0.722. The van der Waals surface area contributed by atoms with Gasteiger partial charge in [0.2, 0.25) is 0 Å². The Hall–Kier alpha value is -2.66. The van der Waals surface area contributed by atoms with Gasteiger partial charge >= 0.3 is 0 Å². The van der Waals surface area contributed by atoms with E-state index >= 15 is 0 Å². The van der Waals surface area contributed by atoms with Crippen LogP contribution in [0.1, 0.15) is 37.9 Å². The molecule has 0 aliphatic heterocycles. The summed E-state index contributed by atoms with van der Waals surface area (Å²) in [5.41, 5.74) is 1.97. The summed E-state index contributed by atoms with van der Waals surface area (Å²) in [6, 6.07) is 20.0. The normalized spacial score (nSPS) is 13.4.